The molecule has 0 aromatic heterocycles. The molecule has 2 aliphatic rings. The average Bonchev–Trinajstić information content (AvgIpc) is 3.15. The van der Waals surface area contributed by atoms with Crippen molar-refractivity contribution in [2.75, 3.05) is 24.5 Å². The van der Waals surface area contributed by atoms with Crippen molar-refractivity contribution in [3.05, 3.63) is 42.5 Å². The molecule has 1 amide bonds. The van der Waals surface area contributed by atoms with E-state index in [9.17, 15) is 9.59 Å². The zero-order chi connectivity index (χ0) is 16.2. The van der Waals surface area contributed by atoms with E-state index in [1.807, 2.05) is 30.3 Å². The van der Waals surface area contributed by atoms with Gasteiger partial charge in [0.05, 0.1) is 6.54 Å². The van der Waals surface area contributed by atoms with E-state index in [0.717, 1.165) is 12.1 Å². The first-order chi connectivity index (χ1) is 11.1. The second kappa shape index (κ2) is 6.86. The number of nitrogens with one attached hydrogen (secondary N) is 1. The molecule has 3 atom stereocenters. The fourth-order valence-corrected chi connectivity index (χ4v) is 3.64. The smallest absolute Gasteiger partial charge is 0.323 e. The van der Waals surface area contributed by atoms with E-state index < -0.39 is 5.97 Å². The lowest BCUT2D eigenvalue weighted by Gasteiger charge is -2.23. The van der Waals surface area contributed by atoms with Crippen molar-refractivity contribution in [3.8, 4) is 0 Å². The third-order valence-corrected chi connectivity index (χ3v) is 4.76. The van der Waals surface area contributed by atoms with Gasteiger partial charge in [0.25, 0.3) is 0 Å². The maximum atomic E-state index is 12.2. The van der Waals surface area contributed by atoms with Gasteiger partial charge in [-0.3, -0.25) is 9.59 Å². The molecule has 122 valence electrons. The van der Waals surface area contributed by atoms with Crippen LogP contribution in [0, 0.1) is 17.8 Å². The first kappa shape index (κ1) is 15.6. The summed E-state index contributed by atoms with van der Waals surface area (Å²) < 4.78 is 0. The number of para-hydroxylation sites is 1. The fraction of sp³-hybridized carbons (Fsp3) is 0.444. The summed E-state index contributed by atoms with van der Waals surface area (Å²) in [5.74, 6) is 0.750. The number of allylic oxidation sites excluding steroid dienone is 2. The molecule has 0 spiro atoms. The Morgan fingerprint density at radius 1 is 1.13 bits per heavy atom. The minimum absolute atomic E-state index is 0.0625. The third-order valence-electron chi connectivity index (χ3n) is 4.76. The Bertz CT molecular complexity index is 600. The molecule has 2 aliphatic carbocycles. The summed E-state index contributed by atoms with van der Waals surface area (Å²) in [7, 11) is 0. The summed E-state index contributed by atoms with van der Waals surface area (Å²) in [5.41, 5.74) is 0.743. The zero-order valence-electron chi connectivity index (χ0n) is 13.0. The van der Waals surface area contributed by atoms with E-state index in [1.54, 1.807) is 4.90 Å². The van der Waals surface area contributed by atoms with E-state index in [4.69, 9.17) is 5.11 Å². The van der Waals surface area contributed by atoms with Crippen molar-refractivity contribution in [2.24, 2.45) is 17.8 Å². The van der Waals surface area contributed by atoms with Gasteiger partial charge < -0.3 is 15.3 Å². The van der Waals surface area contributed by atoms with E-state index in [1.165, 1.54) is 6.42 Å². The number of rotatable bonds is 7. The van der Waals surface area contributed by atoms with Gasteiger partial charge in [0.2, 0.25) is 5.91 Å². The lowest BCUT2D eigenvalue weighted by Crippen LogP contribution is -2.41. The summed E-state index contributed by atoms with van der Waals surface area (Å²) in [5, 5.41) is 12.0. The van der Waals surface area contributed by atoms with Crippen LogP contribution in [-0.4, -0.2) is 36.6 Å². The minimum atomic E-state index is -0.945. The molecule has 0 aliphatic heterocycles. The molecule has 2 N–H and O–H groups in total. The van der Waals surface area contributed by atoms with Gasteiger partial charge in [-0.2, -0.15) is 0 Å². The molecule has 1 saturated carbocycles. The SMILES string of the molecule is O=C(O)CN(CC(=O)NC[C@@H]1C[C@@H]2C=C[C@@H]1C2)c1ccccc1. The Morgan fingerprint density at radius 2 is 1.91 bits per heavy atom. The second-order valence-electron chi connectivity index (χ2n) is 6.43. The maximum Gasteiger partial charge on any atom is 0.323 e. The summed E-state index contributed by atoms with van der Waals surface area (Å²) in [4.78, 5) is 24.8. The van der Waals surface area contributed by atoms with Gasteiger partial charge in [-0.05, 0) is 42.7 Å². The van der Waals surface area contributed by atoms with Crippen LogP contribution in [0.1, 0.15) is 12.8 Å². The molecule has 1 aromatic rings. The van der Waals surface area contributed by atoms with Crippen molar-refractivity contribution in [1.82, 2.24) is 5.32 Å². The highest BCUT2D eigenvalue weighted by molar-refractivity contribution is 5.84. The topological polar surface area (TPSA) is 69.6 Å². The van der Waals surface area contributed by atoms with Crippen LogP contribution in [0.5, 0.6) is 0 Å². The molecular weight excluding hydrogens is 292 g/mol. The van der Waals surface area contributed by atoms with Crippen LogP contribution < -0.4 is 10.2 Å². The predicted molar refractivity (Wildman–Crippen MR) is 88.1 cm³/mol. The standard InChI is InChI=1S/C18H22N2O3/c21-17(19-10-15-9-13-6-7-14(15)8-13)11-20(12-18(22)23)16-4-2-1-3-5-16/h1-7,13-15H,8-12H2,(H,19,21)(H,22,23)/t13-,14-,15+/m1/s1. The molecule has 5 heteroatoms. The summed E-state index contributed by atoms with van der Waals surface area (Å²) in [6.45, 7) is 0.557. The van der Waals surface area contributed by atoms with Crippen molar-refractivity contribution in [2.45, 2.75) is 12.8 Å². The van der Waals surface area contributed by atoms with Crippen molar-refractivity contribution in [1.29, 1.82) is 0 Å². The van der Waals surface area contributed by atoms with Gasteiger partial charge in [-0.15, -0.1) is 0 Å². The molecule has 23 heavy (non-hydrogen) atoms. The lowest BCUT2D eigenvalue weighted by molar-refractivity contribution is -0.135. The summed E-state index contributed by atoms with van der Waals surface area (Å²) in [6, 6.07) is 9.17. The minimum Gasteiger partial charge on any atom is -0.480 e. The molecule has 1 aromatic carbocycles. The highest BCUT2D eigenvalue weighted by Gasteiger charge is 2.35. The van der Waals surface area contributed by atoms with Gasteiger partial charge in [-0.1, -0.05) is 30.4 Å². The van der Waals surface area contributed by atoms with Crippen LogP contribution >= 0.6 is 0 Å². The number of anilines is 1. The highest BCUT2D eigenvalue weighted by atomic mass is 16.4. The number of aliphatic carboxylic acids is 1. The van der Waals surface area contributed by atoms with Gasteiger partial charge in [0, 0.05) is 12.2 Å². The van der Waals surface area contributed by atoms with E-state index >= 15 is 0 Å². The molecule has 5 nitrogen and oxygen atoms in total. The summed E-state index contributed by atoms with van der Waals surface area (Å²) in [6.07, 6.45) is 6.92. The molecular formula is C18H22N2O3. The van der Waals surface area contributed by atoms with Crippen LogP contribution in [0.25, 0.3) is 0 Å². The number of benzene rings is 1. The molecule has 0 saturated heterocycles. The van der Waals surface area contributed by atoms with Gasteiger partial charge in [-0.25, -0.2) is 0 Å². The molecule has 1 fully saturated rings. The zero-order valence-corrected chi connectivity index (χ0v) is 13.0. The third kappa shape index (κ3) is 3.92. The van der Waals surface area contributed by atoms with Crippen LogP contribution in [0.4, 0.5) is 5.69 Å². The normalized spacial score (nSPS) is 24.6. The Hall–Kier alpha value is -2.30. The first-order valence-corrected chi connectivity index (χ1v) is 8.08. The number of carbonyl (C=O) groups is 2. The van der Waals surface area contributed by atoms with Crippen LogP contribution in [0.15, 0.2) is 42.5 Å². The Balaban J connectivity index is 1.53. The number of hydrogen-bond acceptors (Lipinski definition) is 3. The maximum absolute atomic E-state index is 12.2. The monoisotopic (exact) mass is 314 g/mol. The first-order valence-electron chi connectivity index (χ1n) is 8.08. The van der Waals surface area contributed by atoms with Gasteiger partial charge in [0.15, 0.2) is 0 Å². The average molecular weight is 314 g/mol. The second-order valence-corrected chi connectivity index (χ2v) is 6.43. The van der Waals surface area contributed by atoms with Crippen molar-refractivity contribution in [3.63, 3.8) is 0 Å². The quantitative estimate of drug-likeness (QED) is 0.754. The number of fused-ring (bicyclic) bond motifs is 2. The van der Waals surface area contributed by atoms with Crippen LogP contribution in [0.3, 0.4) is 0 Å². The largest absolute Gasteiger partial charge is 0.480 e. The number of carboxylic acids is 1. The number of carbonyl (C=O) groups excluding carboxylic acids is 1. The number of carboxylic acid groups (broad SMARTS) is 1. The summed E-state index contributed by atoms with van der Waals surface area (Å²) >= 11 is 0. The Kier molecular flexibility index (Phi) is 4.65. The number of hydrogen-bond donors (Lipinski definition) is 2. The van der Waals surface area contributed by atoms with E-state index in [-0.39, 0.29) is 19.0 Å². The van der Waals surface area contributed by atoms with Crippen LogP contribution in [-0.2, 0) is 9.59 Å². The molecule has 0 unspecified atom stereocenters. The molecule has 3 rings (SSSR count). The molecule has 0 heterocycles. The number of amides is 1. The van der Waals surface area contributed by atoms with Gasteiger partial charge in [0.1, 0.15) is 6.54 Å². The Labute approximate surface area is 136 Å². The fourth-order valence-electron chi connectivity index (χ4n) is 3.64. The van der Waals surface area contributed by atoms with E-state index in [0.29, 0.717) is 24.3 Å². The van der Waals surface area contributed by atoms with Crippen LogP contribution in [0.2, 0.25) is 0 Å². The van der Waals surface area contributed by atoms with Crippen molar-refractivity contribution < 1.29 is 14.7 Å². The van der Waals surface area contributed by atoms with E-state index in [2.05, 4.69) is 17.5 Å². The molecule has 0 radical (unpaired) electrons. The molecule has 2 bridgehead atoms. The Morgan fingerprint density at radius 3 is 2.52 bits per heavy atom. The lowest BCUT2D eigenvalue weighted by atomic mass is 9.94. The predicted octanol–water partition coefficient (Wildman–Crippen LogP) is 1.91. The van der Waals surface area contributed by atoms with Crippen molar-refractivity contribution >= 4 is 17.6 Å². The highest BCUT2D eigenvalue weighted by Crippen LogP contribution is 2.42. The number of nitrogens with zero attached hydrogens (tertiary/aromatic N) is 1. The van der Waals surface area contributed by atoms with Gasteiger partial charge >= 0.3 is 5.97 Å².